The van der Waals surface area contributed by atoms with Gasteiger partial charge in [-0.3, -0.25) is 4.99 Å². The Bertz CT molecular complexity index is 774. The normalized spacial score (nSPS) is 18.4. The zero-order valence-corrected chi connectivity index (χ0v) is 22.2. The number of nitrogens with zero attached hydrogens (tertiary/aromatic N) is 5. The number of rotatable bonds is 8. The van der Waals surface area contributed by atoms with Gasteiger partial charge in [-0.2, -0.15) is 5.10 Å². The van der Waals surface area contributed by atoms with Crippen molar-refractivity contribution < 1.29 is 14.3 Å². The molecular weight excluding hydrogens is 525 g/mol. The summed E-state index contributed by atoms with van der Waals surface area (Å²) < 4.78 is 12.7. The van der Waals surface area contributed by atoms with E-state index in [1.165, 1.54) is 0 Å². The van der Waals surface area contributed by atoms with Crippen molar-refractivity contribution in [3.63, 3.8) is 0 Å². The number of carbonyl (C=O) groups is 1. The Kier molecular flexibility index (Phi) is 9.99. The maximum atomic E-state index is 12.5. The highest BCUT2D eigenvalue weighted by molar-refractivity contribution is 14.0. The molecule has 1 unspecified atom stereocenters. The lowest BCUT2D eigenvalue weighted by atomic mass is 10.1. The van der Waals surface area contributed by atoms with Crippen molar-refractivity contribution in [3.8, 4) is 0 Å². The summed E-state index contributed by atoms with van der Waals surface area (Å²) in [5.41, 5.74) is -0.492. The van der Waals surface area contributed by atoms with Gasteiger partial charge in [0.15, 0.2) is 11.8 Å². The summed E-state index contributed by atoms with van der Waals surface area (Å²) in [6.07, 6.45) is 3.65. The molecule has 1 saturated carbocycles. The van der Waals surface area contributed by atoms with E-state index >= 15 is 0 Å². The molecule has 10 nitrogen and oxygen atoms in total. The number of carbonyl (C=O) groups excluding carboxylic acids is 1. The highest BCUT2D eigenvalue weighted by atomic mass is 127. The zero-order valence-electron chi connectivity index (χ0n) is 19.9. The largest absolute Gasteiger partial charge is 0.444 e. The van der Waals surface area contributed by atoms with E-state index in [2.05, 4.69) is 20.7 Å². The zero-order chi connectivity index (χ0) is 22.4. The Morgan fingerprint density at radius 2 is 2.06 bits per heavy atom. The van der Waals surface area contributed by atoms with Gasteiger partial charge in [0.2, 0.25) is 0 Å². The number of nitrogens with one attached hydrogen (secondary N) is 2. The van der Waals surface area contributed by atoms with Crippen molar-refractivity contribution in [3.05, 3.63) is 11.6 Å². The minimum Gasteiger partial charge on any atom is -0.444 e. The topological polar surface area (TPSA) is 106 Å². The van der Waals surface area contributed by atoms with E-state index in [-0.39, 0.29) is 42.2 Å². The minimum absolute atomic E-state index is 0. The van der Waals surface area contributed by atoms with Crippen LogP contribution in [0.25, 0.3) is 0 Å². The molecular formula is C21H38IN7O3. The van der Waals surface area contributed by atoms with Gasteiger partial charge in [0.1, 0.15) is 18.0 Å². The number of aromatic nitrogens is 3. The van der Waals surface area contributed by atoms with Crippen LogP contribution < -0.4 is 10.6 Å². The second-order valence-electron chi connectivity index (χ2n) is 9.10. The van der Waals surface area contributed by atoms with Crippen molar-refractivity contribution in [2.24, 2.45) is 4.99 Å². The van der Waals surface area contributed by atoms with E-state index in [0.717, 1.165) is 56.4 Å². The number of aliphatic imine (C=N–C) groups is 1. The van der Waals surface area contributed by atoms with Gasteiger partial charge in [-0.25, -0.2) is 14.5 Å². The number of hydrogen-bond donors (Lipinski definition) is 2. The Balaban J connectivity index is 0.00000363. The van der Waals surface area contributed by atoms with Crippen LogP contribution in [-0.4, -0.2) is 76.1 Å². The molecule has 1 amide bonds. The molecule has 2 N–H and O–H groups in total. The number of hydrogen-bond acceptors (Lipinski definition) is 6. The van der Waals surface area contributed by atoms with Crippen LogP contribution in [0, 0.1) is 0 Å². The summed E-state index contributed by atoms with van der Waals surface area (Å²) in [4.78, 5) is 23.6. The molecule has 0 spiro atoms. The third-order valence-corrected chi connectivity index (χ3v) is 5.09. The minimum atomic E-state index is -0.492. The monoisotopic (exact) mass is 563 g/mol. The van der Waals surface area contributed by atoms with Gasteiger partial charge in [0, 0.05) is 38.7 Å². The lowest BCUT2D eigenvalue weighted by Crippen LogP contribution is -2.47. The van der Waals surface area contributed by atoms with Crippen LogP contribution in [0.4, 0.5) is 4.79 Å². The van der Waals surface area contributed by atoms with Crippen molar-refractivity contribution in [2.45, 2.75) is 84.2 Å². The smallest absolute Gasteiger partial charge is 0.410 e. The Morgan fingerprint density at radius 3 is 2.69 bits per heavy atom. The van der Waals surface area contributed by atoms with Gasteiger partial charge in [-0.1, -0.05) is 0 Å². The van der Waals surface area contributed by atoms with Gasteiger partial charge in [-0.05, 0) is 47.0 Å². The summed E-state index contributed by atoms with van der Waals surface area (Å²) in [5.74, 6) is 2.48. The molecule has 1 aliphatic heterocycles. The molecule has 3 rings (SSSR count). The average molecular weight is 563 g/mol. The quantitative estimate of drug-likeness (QED) is 0.284. The van der Waals surface area contributed by atoms with E-state index in [1.807, 2.05) is 37.3 Å². The summed E-state index contributed by atoms with van der Waals surface area (Å²) in [6, 6.07) is 0.499. The van der Waals surface area contributed by atoms with Crippen LogP contribution in [0.2, 0.25) is 0 Å². The van der Waals surface area contributed by atoms with Crippen LogP contribution >= 0.6 is 24.0 Å². The van der Waals surface area contributed by atoms with Gasteiger partial charge in [0.25, 0.3) is 0 Å². The van der Waals surface area contributed by atoms with Gasteiger partial charge in [-0.15, -0.1) is 24.0 Å². The summed E-state index contributed by atoms with van der Waals surface area (Å²) >= 11 is 0. The molecule has 32 heavy (non-hydrogen) atoms. The number of amides is 1. The first kappa shape index (κ1) is 26.6. The molecule has 1 fully saturated rings. The molecule has 1 atom stereocenters. The summed E-state index contributed by atoms with van der Waals surface area (Å²) in [6.45, 7) is 10.7. The summed E-state index contributed by atoms with van der Waals surface area (Å²) in [5, 5.41) is 11.3. The Morgan fingerprint density at radius 1 is 1.31 bits per heavy atom. The molecule has 182 valence electrons. The number of aryl methyl sites for hydroxylation is 1. The number of ether oxygens (including phenoxy) is 2. The first-order valence-electron chi connectivity index (χ1n) is 11.2. The Hall–Kier alpha value is -1.63. The van der Waals surface area contributed by atoms with Gasteiger partial charge < -0.3 is 25.0 Å². The van der Waals surface area contributed by atoms with E-state index in [1.54, 1.807) is 7.11 Å². The first-order chi connectivity index (χ1) is 14.8. The SMILES string of the molecule is CCNC(=NCCN(C(=O)OC(C)(C)C)C1CC1)NC1CCc2nc(COC)nn2C1.I. The maximum Gasteiger partial charge on any atom is 0.410 e. The van der Waals surface area contributed by atoms with Crippen LogP contribution in [0.3, 0.4) is 0 Å². The number of guanidine groups is 1. The van der Waals surface area contributed by atoms with E-state index in [0.29, 0.717) is 19.7 Å². The van der Waals surface area contributed by atoms with Crippen LogP contribution in [0.1, 0.15) is 58.6 Å². The maximum absolute atomic E-state index is 12.5. The van der Waals surface area contributed by atoms with Crippen LogP contribution in [0.5, 0.6) is 0 Å². The van der Waals surface area contributed by atoms with Crippen LogP contribution in [-0.2, 0) is 29.0 Å². The molecule has 2 aliphatic rings. The second kappa shape index (κ2) is 12.0. The molecule has 0 bridgehead atoms. The molecule has 1 aliphatic carbocycles. The van der Waals surface area contributed by atoms with E-state index < -0.39 is 5.60 Å². The molecule has 11 heteroatoms. The third kappa shape index (κ3) is 8.05. The molecule has 1 aromatic heterocycles. The van der Waals surface area contributed by atoms with Gasteiger partial charge in [0.05, 0.1) is 13.1 Å². The van der Waals surface area contributed by atoms with Crippen molar-refractivity contribution >= 4 is 36.0 Å². The number of methoxy groups -OCH3 is 1. The fourth-order valence-corrected chi connectivity index (χ4v) is 3.58. The molecule has 2 heterocycles. The lowest BCUT2D eigenvalue weighted by molar-refractivity contribution is 0.0240. The molecule has 1 aromatic rings. The third-order valence-electron chi connectivity index (χ3n) is 5.09. The predicted octanol–water partition coefficient (Wildman–Crippen LogP) is 2.31. The fraction of sp³-hybridized carbons (Fsp3) is 0.810. The predicted molar refractivity (Wildman–Crippen MR) is 133 cm³/mol. The van der Waals surface area contributed by atoms with Crippen molar-refractivity contribution in [1.29, 1.82) is 0 Å². The fourth-order valence-electron chi connectivity index (χ4n) is 3.58. The van der Waals surface area contributed by atoms with Crippen molar-refractivity contribution in [2.75, 3.05) is 26.7 Å². The Labute approximate surface area is 207 Å². The van der Waals surface area contributed by atoms with E-state index in [4.69, 9.17) is 14.5 Å². The standard InChI is InChI=1S/C21H37N7O3.HI/c1-6-22-19(23-11-12-27(16-8-9-16)20(29)31-21(2,3)4)24-15-7-10-18-25-17(14-30-5)26-28(18)13-15;/h15-16H,6-14H2,1-5H3,(H2,22,23,24);1H. The second-order valence-corrected chi connectivity index (χ2v) is 9.10. The molecule has 0 radical (unpaired) electrons. The average Bonchev–Trinajstić information content (AvgIpc) is 3.43. The van der Waals surface area contributed by atoms with Crippen molar-refractivity contribution in [1.82, 2.24) is 30.3 Å². The van der Waals surface area contributed by atoms with E-state index in [9.17, 15) is 4.79 Å². The summed E-state index contributed by atoms with van der Waals surface area (Å²) in [7, 11) is 1.65. The number of fused-ring (bicyclic) bond motifs is 1. The highest BCUT2D eigenvalue weighted by Crippen LogP contribution is 2.28. The first-order valence-corrected chi connectivity index (χ1v) is 11.2. The molecule has 0 saturated heterocycles. The lowest BCUT2D eigenvalue weighted by Gasteiger charge is -2.27. The number of halogens is 1. The highest BCUT2D eigenvalue weighted by Gasteiger charge is 2.34. The molecule has 0 aromatic carbocycles. The van der Waals surface area contributed by atoms with Crippen LogP contribution in [0.15, 0.2) is 4.99 Å². The van der Waals surface area contributed by atoms with Gasteiger partial charge >= 0.3 is 6.09 Å².